The fraction of sp³-hybridized carbons (Fsp3) is 0.462. The molecule has 0 aliphatic carbocycles. The lowest BCUT2D eigenvalue weighted by Gasteiger charge is -2.16. The van der Waals surface area contributed by atoms with E-state index in [-0.39, 0.29) is 0 Å². The van der Waals surface area contributed by atoms with Gasteiger partial charge in [0.25, 0.3) is 0 Å². The maximum atomic E-state index is 11.0. The van der Waals surface area contributed by atoms with Gasteiger partial charge in [-0.1, -0.05) is 0 Å². The van der Waals surface area contributed by atoms with Gasteiger partial charge in [-0.15, -0.1) is 0 Å². The maximum absolute atomic E-state index is 11.0. The first-order chi connectivity index (χ1) is 8.66. The lowest BCUT2D eigenvalue weighted by atomic mass is 10.1. The summed E-state index contributed by atoms with van der Waals surface area (Å²) in [7, 11) is 0. The summed E-state index contributed by atoms with van der Waals surface area (Å²) in [6, 6.07) is 5.11. The number of benzene rings is 1. The van der Waals surface area contributed by atoms with E-state index in [0.717, 1.165) is 18.8 Å². The molecule has 1 amide bonds. The number of hydrogen-bond donors (Lipinski definition) is 3. The van der Waals surface area contributed by atoms with Gasteiger partial charge in [-0.05, 0) is 44.1 Å². The number of nitrogens with zero attached hydrogens (tertiary/aromatic N) is 1. The van der Waals surface area contributed by atoms with Crippen LogP contribution in [0.1, 0.15) is 23.2 Å². The summed E-state index contributed by atoms with van der Waals surface area (Å²) in [4.78, 5) is 13.4. The van der Waals surface area contributed by atoms with E-state index in [1.165, 1.54) is 25.9 Å². The summed E-state index contributed by atoms with van der Waals surface area (Å²) >= 11 is 0. The van der Waals surface area contributed by atoms with Gasteiger partial charge in [0.05, 0.1) is 11.4 Å². The van der Waals surface area contributed by atoms with Crippen molar-refractivity contribution in [3.05, 3.63) is 23.8 Å². The third kappa shape index (κ3) is 3.13. The average molecular weight is 248 g/mol. The SMILES string of the molecule is NC(=O)c1ccc(NCCN2CCCC2)c(N)c1. The van der Waals surface area contributed by atoms with Crippen LogP contribution in [-0.2, 0) is 0 Å². The summed E-state index contributed by atoms with van der Waals surface area (Å²) in [5.41, 5.74) is 12.9. The molecule has 2 rings (SSSR count). The molecule has 1 aromatic carbocycles. The van der Waals surface area contributed by atoms with E-state index in [1.54, 1.807) is 18.2 Å². The van der Waals surface area contributed by atoms with Crippen molar-refractivity contribution in [3.63, 3.8) is 0 Å². The number of likely N-dealkylation sites (tertiary alicyclic amines) is 1. The Bertz CT molecular complexity index is 427. The Morgan fingerprint density at radius 1 is 1.33 bits per heavy atom. The highest BCUT2D eigenvalue weighted by atomic mass is 16.1. The Morgan fingerprint density at radius 3 is 2.67 bits per heavy atom. The number of carbonyl (C=O) groups excluding carboxylic acids is 1. The number of primary amides is 1. The molecule has 5 N–H and O–H groups in total. The minimum absolute atomic E-state index is 0.442. The summed E-state index contributed by atoms with van der Waals surface area (Å²) in [5, 5.41) is 3.29. The highest BCUT2D eigenvalue weighted by Crippen LogP contribution is 2.19. The van der Waals surface area contributed by atoms with Gasteiger partial charge in [0.15, 0.2) is 0 Å². The third-order valence-corrected chi connectivity index (χ3v) is 3.28. The van der Waals surface area contributed by atoms with Gasteiger partial charge in [0.2, 0.25) is 5.91 Å². The zero-order chi connectivity index (χ0) is 13.0. The lowest BCUT2D eigenvalue weighted by Crippen LogP contribution is -2.26. The quantitative estimate of drug-likeness (QED) is 0.675. The van der Waals surface area contributed by atoms with Crippen LogP contribution in [0.25, 0.3) is 0 Å². The maximum Gasteiger partial charge on any atom is 0.248 e. The first-order valence-corrected chi connectivity index (χ1v) is 6.32. The molecule has 1 aliphatic rings. The zero-order valence-electron chi connectivity index (χ0n) is 10.5. The molecule has 0 radical (unpaired) electrons. The Labute approximate surface area is 107 Å². The Balaban J connectivity index is 1.87. The van der Waals surface area contributed by atoms with Crippen molar-refractivity contribution >= 4 is 17.3 Å². The summed E-state index contributed by atoms with van der Waals surface area (Å²) in [6.07, 6.45) is 2.60. The molecule has 0 aromatic heterocycles. The summed E-state index contributed by atoms with van der Waals surface area (Å²) in [6.45, 7) is 4.27. The number of amides is 1. The van der Waals surface area contributed by atoms with Crippen molar-refractivity contribution < 1.29 is 4.79 Å². The van der Waals surface area contributed by atoms with E-state index in [9.17, 15) is 4.79 Å². The van der Waals surface area contributed by atoms with Gasteiger partial charge in [0.1, 0.15) is 0 Å². The van der Waals surface area contributed by atoms with Crippen molar-refractivity contribution in [2.75, 3.05) is 37.2 Å². The van der Waals surface area contributed by atoms with Crippen LogP contribution >= 0.6 is 0 Å². The van der Waals surface area contributed by atoms with Gasteiger partial charge in [-0.3, -0.25) is 4.79 Å². The second kappa shape index (κ2) is 5.73. The summed E-state index contributed by atoms with van der Waals surface area (Å²) < 4.78 is 0. The van der Waals surface area contributed by atoms with E-state index >= 15 is 0 Å². The van der Waals surface area contributed by atoms with Gasteiger partial charge >= 0.3 is 0 Å². The molecule has 1 fully saturated rings. The largest absolute Gasteiger partial charge is 0.397 e. The molecule has 18 heavy (non-hydrogen) atoms. The number of hydrogen-bond acceptors (Lipinski definition) is 4. The van der Waals surface area contributed by atoms with Crippen LogP contribution in [0.5, 0.6) is 0 Å². The van der Waals surface area contributed by atoms with Crippen LogP contribution in [0, 0.1) is 0 Å². The molecule has 0 atom stereocenters. The number of carbonyl (C=O) groups is 1. The molecule has 1 heterocycles. The molecule has 5 heteroatoms. The highest BCUT2D eigenvalue weighted by Gasteiger charge is 2.10. The minimum Gasteiger partial charge on any atom is -0.397 e. The Morgan fingerprint density at radius 2 is 2.06 bits per heavy atom. The van der Waals surface area contributed by atoms with Crippen molar-refractivity contribution in [3.8, 4) is 0 Å². The molecule has 0 bridgehead atoms. The standard InChI is InChI=1S/C13H20N4O/c14-11-9-10(13(15)18)3-4-12(11)16-5-8-17-6-1-2-7-17/h3-4,9,16H,1-2,5-8,14H2,(H2,15,18). The lowest BCUT2D eigenvalue weighted by molar-refractivity contribution is 0.100. The van der Waals surface area contributed by atoms with E-state index in [2.05, 4.69) is 10.2 Å². The molecule has 1 aliphatic heterocycles. The average Bonchev–Trinajstić information content (AvgIpc) is 2.84. The van der Waals surface area contributed by atoms with Crippen molar-refractivity contribution in [2.24, 2.45) is 5.73 Å². The number of anilines is 2. The highest BCUT2D eigenvalue weighted by molar-refractivity contribution is 5.94. The third-order valence-electron chi connectivity index (χ3n) is 3.28. The molecule has 0 unspecified atom stereocenters. The number of rotatable bonds is 5. The van der Waals surface area contributed by atoms with Crippen LogP contribution in [0.15, 0.2) is 18.2 Å². The van der Waals surface area contributed by atoms with Crippen LogP contribution in [0.3, 0.4) is 0 Å². The normalized spacial score (nSPS) is 15.8. The number of nitrogens with two attached hydrogens (primary N) is 2. The van der Waals surface area contributed by atoms with E-state index < -0.39 is 5.91 Å². The molecular weight excluding hydrogens is 228 g/mol. The fourth-order valence-corrected chi connectivity index (χ4v) is 2.23. The van der Waals surface area contributed by atoms with Gasteiger partial charge < -0.3 is 21.7 Å². The van der Waals surface area contributed by atoms with E-state index in [4.69, 9.17) is 11.5 Å². The Kier molecular flexibility index (Phi) is 4.04. The topological polar surface area (TPSA) is 84.4 Å². The molecule has 5 nitrogen and oxygen atoms in total. The van der Waals surface area contributed by atoms with Crippen molar-refractivity contribution in [1.82, 2.24) is 4.90 Å². The molecule has 98 valence electrons. The predicted octanol–water partition coefficient (Wildman–Crippen LogP) is 0.875. The van der Waals surface area contributed by atoms with Crippen molar-refractivity contribution in [2.45, 2.75) is 12.8 Å². The van der Waals surface area contributed by atoms with Gasteiger partial charge in [0, 0.05) is 18.7 Å². The van der Waals surface area contributed by atoms with Crippen LogP contribution in [0.2, 0.25) is 0 Å². The van der Waals surface area contributed by atoms with Gasteiger partial charge in [-0.2, -0.15) is 0 Å². The van der Waals surface area contributed by atoms with Crippen molar-refractivity contribution in [1.29, 1.82) is 0 Å². The number of nitrogen functional groups attached to an aromatic ring is 1. The Hall–Kier alpha value is -1.75. The van der Waals surface area contributed by atoms with E-state index in [1.807, 2.05) is 0 Å². The second-order valence-electron chi connectivity index (χ2n) is 4.64. The fourth-order valence-electron chi connectivity index (χ4n) is 2.23. The van der Waals surface area contributed by atoms with E-state index in [0.29, 0.717) is 11.3 Å². The number of nitrogens with one attached hydrogen (secondary N) is 1. The van der Waals surface area contributed by atoms with Gasteiger partial charge in [-0.25, -0.2) is 0 Å². The molecule has 1 aromatic rings. The minimum atomic E-state index is -0.453. The molecular formula is C13H20N4O. The van der Waals surface area contributed by atoms with Crippen LogP contribution in [0.4, 0.5) is 11.4 Å². The molecule has 0 spiro atoms. The second-order valence-corrected chi connectivity index (χ2v) is 4.64. The monoisotopic (exact) mass is 248 g/mol. The first kappa shape index (κ1) is 12.7. The zero-order valence-corrected chi connectivity index (χ0v) is 10.5. The predicted molar refractivity (Wildman–Crippen MR) is 73.5 cm³/mol. The summed E-state index contributed by atoms with van der Waals surface area (Å²) in [5.74, 6) is -0.453. The van der Waals surface area contributed by atoms with Crippen LogP contribution < -0.4 is 16.8 Å². The van der Waals surface area contributed by atoms with Crippen LogP contribution in [-0.4, -0.2) is 37.0 Å². The molecule has 0 saturated carbocycles. The smallest absolute Gasteiger partial charge is 0.248 e. The first-order valence-electron chi connectivity index (χ1n) is 6.32. The molecule has 1 saturated heterocycles.